The number of H-pyrrole nitrogens is 1. The van der Waals surface area contributed by atoms with Crippen molar-refractivity contribution in [2.75, 3.05) is 6.61 Å². The number of nitrogens with zero attached hydrogens (tertiary/aromatic N) is 1. The number of fused-ring (bicyclic) bond motifs is 1. The van der Waals surface area contributed by atoms with E-state index in [-0.39, 0.29) is 11.5 Å². The molecule has 6 nitrogen and oxygen atoms in total. The number of nitrogens with one attached hydrogen (secondary N) is 1. The van der Waals surface area contributed by atoms with Gasteiger partial charge in [0.15, 0.2) is 12.4 Å². The van der Waals surface area contributed by atoms with E-state index in [4.69, 9.17) is 4.74 Å². The molecule has 33 heavy (non-hydrogen) atoms. The summed E-state index contributed by atoms with van der Waals surface area (Å²) in [5, 5.41) is 0.650. The van der Waals surface area contributed by atoms with E-state index in [1.807, 2.05) is 49.4 Å². The van der Waals surface area contributed by atoms with Gasteiger partial charge in [-0.1, -0.05) is 48.0 Å². The first-order valence-corrected chi connectivity index (χ1v) is 10.6. The van der Waals surface area contributed by atoms with E-state index in [9.17, 15) is 14.4 Å². The SMILES string of the molecule is CC(=O)c1c(C)[nH]c(C(=O)COC(=O)c2cc(-c3ccc(C)cc3)nc3ccccc23)c1C. The standard InChI is InChI=1S/C27H24N2O4/c1-15-9-11-19(12-10-15)23-13-21(20-7-5-6-8-22(20)29-23)27(32)33-14-24(31)26-16(2)25(18(4)30)17(3)28-26/h5-13,28H,14H2,1-4H3. The molecule has 0 unspecified atom stereocenters. The van der Waals surface area contributed by atoms with Crippen LogP contribution >= 0.6 is 0 Å². The number of esters is 1. The van der Waals surface area contributed by atoms with Gasteiger partial charge in [-0.05, 0) is 45.4 Å². The summed E-state index contributed by atoms with van der Waals surface area (Å²) in [5.41, 5.74) is 5.62. The van der Waals surface area contributed by atoms with Crippen LogP contribution in [0.3, 0.4) is 0 Å². The van der Waals surface area contributed by atoms with E-state index in [1.54, 1.807) is 26.0 Å². The molecule has 6 heteroatoms. The summed E-state index contributed by atoms with van der Waals surface area (Å²) in [6.07, 6.45) is 0. The average molecular weight is 440 g/mol. The van der Waals surface area contributed by atoms with E-state index in [0.29, 0.717) is 39.0 Å². The molecule has 0 atom stereocenters. The fourth-order valence-corrected chi connectivity index (χ4v) is 4.05. The number of hydrogen-bond donors (Lipinski definition) is 1. The van der Waals surface area contributed by atoms with Crippen molar-refractivity contribution in [2.24, 2.45) is 0 Å². The maximum Gasteiger partial charge on any atom is 0.339 e. The minimum atomic E-state index is -0.608. The Hall–Kier alpha value is -4.06. The summed E-state index contributed by atoms with van der Waals surface area (Å²) in [5.74, 6) is -1.12. The van der Waals surface area contributed by atoms with Gasteiger partial charge in [0.05, 0.1) is 22.5 Å². The van der Waals surface area contributed by atoms with Crippen LogP contribution in [0.1, 0.15) is 54.9 Å². The summed E-state index contributed by atoms with van der Waals surface area (Å²) >= 11 is 0. The van der Waals surface area contributed by atoms with Crippen molar-refractivity contribution in [3.63, 3.8) is 0 Å². The highest BCUT2D eigenvalue weighted by Gasteiger charge is 2.22. The third-order valence-electron chi connectivity index (χ3n) is 5.69. The zero-order valence-electron chi connectivity index (χ0n) is 19.0. The second-order valence-electron chi connectivity index (χ2n) is 8.12. The number of carbonyl (C=O) groups excluding carboxylic acids is 3. The second kappa shape index (κ2) is 8.82. The van der Waals surface area contributed by atoms with Crippen LogP contribution in [0.4, 0.5) is 0 Å². The topological polar surface area (TPSA) is 89.1 Å². The number of hydrogen-bond acceptors (Lipinski definition) is 5. The van der Waals surface area contributed by atoms with E-state index in [0.717, 1.165) is 11.1 Å². The van der Waals surface area contributed by atoms with Gasteiger partial charge >= 0.3 is 5.97 Å². The van der Waals surface area contributed by atoms with Gasteiger partial charge in [0.2, 0.25) is 5.78 Å². The molecule has 0 aliphatic carbocycles. The van der Waals surface area contributed by atoms with E-state index >= 15 is 0 Å². The number of rotatable bonds is 6. The van der Waals surface area contributed by atoms with E-state index < -0.39 is 18.4 Å². The first kappa shape index (κ1) is 22.1. The van der Waals surface area contributed by atoms with Gasteiger partial charge in [-0.15, -0.1) is 0 Å². The van der Waals surface area contributed by atoms with E-state index in [1.165, 1.54) is 6.92 Å². The monoisotopic (exact) mass is 440 g/mol. The van der Waals surface area contributed by atoms with Gasteiger partial charge in [-0.25, -0.2) is 9.78 Å². The minimum absolute atomic E-state index is 0.121. The largest absolute Gasteiger partial charge is 0.454 e. The molecule has 0 radical (unpaired) electrons. The number of ether oxygens (including phenoxy) is 1. The van der Waals surface area contributed by atoms with Crippen molar-refractivity contribution in [1.82, 2.24) is 9.97 Å². The van der Waals surface area contributed by atoms with Gasteiger partial charge < -0.3 is 9.72 Å². The number of carbonyl (C=O) groups is 3. The molecule has 2 aromatic heterocycles. The maximum atomic E-state index is 13.0. The molecule has 0 saturated carbocycles. The quantitative estimate of drug-likeness (QED) is 0.320. The van der Waals surface area contributed by atoms with Crippen LogP contribution in [0.5, 0.6) is 0 Å². The fourth-order valence-electron chi connectivity index (χ4n) is 4.05. The zero-order valence-corrected chi connectivity index (χ0v) is 19.0. The van der Waals surface area contributed by atoms with Gasteiger partial charge in [0.25, 0.3) is 0 Å². The Labute approximate surface area is 191 Å². The Kier molecular flexibility index (Phi) is 5.92. The van der Waals surface area contributed by atoms with Crippen molar-refractivity contribution in [3.05, 3.63) is 88.2 Å². The summed E-state index contributed by atoms with van der Waals surface area (Å²) in [4.78, 5) is 45.3. The summed E-state index contributed by atoms with van der Waals surface area (Å²) in [6.45, 7) is 6.47. The lowest BCUT2D eigenvalue weighted by Crippen LogP contribution is -2.16. The third kappa shape index (κ3) is 4.32. The molecule has 0 saturated heterocycles. The summed E-state index contributed by atoms with van der Waals surface area (Å²) < 4.78 is 5.41. The number of pyridine rings is 1. The number of aromatic nitrogens is 2. The van der Waals surface area contributed by atoms with Gasteiger partial charge in [0, 0.05) is 22.2 Å². The average Bonchev–Trinajstić information content (AvgIpc) is 3.11. The van der Waals surface area contributed by atoms with Crippen LogP contribution in [0, 0.1) is 20.8 Å². The van der Waals surface area contributed by atoms with E-state index in [2.05, 4.69) is 9.97 Å². The Morgan fingerprint density at radius 2 is 1.67 bits per heavy atom. The maximum absolute atomic E-state index is 13.0. The Balaban J connectivity index is 1.63. The van der Waals surface area contributed by atoms with Crippen LogP contribution in [0.2, 0.25) is 0 Å². The summed E-state index contributed by atoms with van der Waals surface area (Å²) in [7, 11) is 0. The number of aryl methyl sites for hydroxylation is 2. The number of aromatic amines is 1. The third-order valence-corrected chi connectivity index (χ3v) is 5.69. The normalized spacial score (nSPS) is 10.9. The van der Waals surface area contributed by atoms with Crippen LogP contribution in [-0.2, 0) is 4.74 Å². The molecular weight excluding hydrogens is 416 g/mol. The lowest BCUT2D eigenvalue weighted by molar-refractivity contribution is 0.0475. The number of para-hydroxylation sites is 1. The molecule has 4 aromatic rings. The highest BCUT2D eigenvalue weighted by molar-refractivity contribution is 6.07. The first-order chi connectivity index (χ1) is 15.8. The minimum Gasteiger partial charge on any atom is -0.454 e. The van der Waals surface area contributed by atoms with Gasteiger partial charge in [-0.2, -0.15) is 0 Å². The second-order valence-corrected chi connectivity index (χ2v) is 8.12. The first-order valence-electron chi connectivity index (χ1n) is 10.6. The lowest BCUT2D eigenvalue weighted by atomic mass is 10.0. The molecule has 1 N–H and O–H groups in total. The molecule has 0 amide bonds. The molecule has 0 bridgehead atoms. The number of ketones is 2. The molecule has 0 aliphatic heterocycles. The molecule has 0 aliphatic rings. The molecule has 2 heterocycles. The molecule has 0 fully saturated rings. The Morgan fingerprint density at radius 1 is 0.970 bits per heavy atom. The van der Waals surface area contributed by atoms with Gasteiger partial charge in [-0.3, -0.25) is 9.59 Å². The Morgan fingerprint density at radius 3 is 2.33 bits per heavy atom. The summed E-state index contributed by atoms with van der Waals surface area (Å²) in [6, 6.07) is 16.9. The van der Waals surface area contributed by atoms with Crippen molar-refractivity contribution in [2.45, 2.75) is 27.7 Å². The molecule has 0 spiro atoms. The number of Topliss-reactive ketones (excluding diaryl/α,β-unsaturated/α-hetero) is 2. The van der Waals surface area contributed by atoms with Crippen LogP contribution in [0.25, 0.3) is 22.2 Å². The predicted molar refractivity (Wildman–Crippen MR) is 127 cm³/mol. The molecule has 4 rings (SSSR count). The van der Waals surface area contributed by atoms with Crippen molar-refractivity contribution in [3.8, 4) is 11.3 Å². The van der Waals surface area contributed by atoms with Crippen LogP contribution in [-0.4, -0.2) is 34.1 Å². The number of benzene rings is 2. The highest BCUT2D eigenvalue weighted by Crippen LogP contribution is 2.26. The predicted octanol–water partition coefficient (Wildman–Crippen LogP) is 5.40. The Bertz CT molecular complexity index is 1400. The fraction of sp³-hybridized carbons (Fsp3) is 0.185. The molecule has 166 valence electrons. The van der Waals surface area contributed by atoms with Crippen LogP contribution in [0.15, 0.2) is 54.6 Å². The van der Waals surface area contributed by atoms with Crippen molar-refractivity contribution < 1.29 is 19.1 Å². The lowest BCUT2D eigenvalue weighted by Gasteiger charge is -2.10. The molecule has 2 aromatic carbocycles. The van der Waals surface area contributed by atoms with Gasteiger partial charge in [0.1, 0.15) is 0 Å². The van der Waals surface area contributed by atoms with Crippen molar-refractivity contribution >= 4 is 28.4 Å². The smallest absolute Gasteiger partial charge is 0.339 e. The van der Waals surface area contributed by atoms with Crippen LogP contribution < -0.4 is 0 Å². The van der Waals surface area contributed by atoms with Crippen molar-refractivity contribution in [1.29, 1.82) is 0 Å². The highest BCUT2D eigenvalue weighted by atomic mass is 16.5. The zero-order chi connectivity index (χ0) is 23.7. The molecular formula is C27H24N2O4.